The molecule has 2 heterocycles. The van der Waals surface area contributed by atoms with Crippen LogP contribution in [0.4, 0.5) is 5.69 Å². The first-order valence-electron chi connectivity index (χ1n) is 9.58. The van der Waals surface area contributed by atoms with E-state index in [2.05, 4.69) is 9.80 Å². The highest BCUT2D eigenvalue weighted by atomic mass is 16.5. The Bertz CT molecular complexity index is 915. The number of para-hydroxylation sites is 3. The van der Waals surface area contributed by atoms with Gasteiger partial charge in [-0.05, 0) is 24.3 Å². The van der Waals surface area contributed by atoms with E-state index in [1.165, 1.54) is 0 Å². The van der Waals surface area contributed by atoms with E-state index in [1.54, 1.807) is 13.8 Å². The molecule has 0 atom stereocenters. The van der Waals surface area contributed by atoms with E-state index in [0.29, 0.717) is 6.54 Å². The van der Waals surface area contributed by atoms with E-state index in [-0.39, 0.29) is 0 Å². The lowest BCUT2D eigenvalue weighted by molar-refractivity contribution is -0.318. The minimum absolute atomic E-state index is 0.484. The Hall–Kier alpha value is -2.86. The predicted molar refractivity (Wildman–Crippen MR) is 106 cm³/mol. The number of aliphatic carboxylic acids is 1. The molecule has 146 valence electrons. The maximum Gasteiger partial charge on any atom is 0.153 e. The highest BCUT2D eigenvalue weighted by molar-refractivity contribution is 6.03. The number of benzene rings is 2. The third-order valence-electron chi connectivity index (χ3n) is 5.28. The number of amidine groups is 1. The summed E-state index contributed by atoms with van der Waals surface area (Å²) in [7, 11) is 0. The molecule has 2 aliphatic rings. The quantitative estimate of drug-likeness (QED) is 0.820. The van der Waals surface area contributed by atoms with E-state index in [0.717, 1.165) is 54.8 Å². The highest BCUT2D eigenvalue weighted by Gasteiger charge is 2.29. The van der Waals surface area contributed by atoms with Crippen molar-refractivity contribution in [2.24, 2.45) is 10.4 Å². The summed E-state index contributed by atoms with van der Waals surface area (Å²) in [6.45, 7) is 7.03. The Morgan fingerprint density at radius 1 is 1.04 bits per heavy atom. The Morgan fingerprint density at radius 2 is 1.68 bits per heavy atom. The summed E-state index contributed by atoms with van der Waals surface area (Å²) in [5.74, 6) is 1.44. The molecule has 1 fully saturated rings. The number of carboxylic acid groups (broad SMARTS) is 1. The van der Waals surface area contributed by atoms with Gasteiger partial charge < -0.3 is 19.5 Å². The number of rotatable bonds is 3. The van der Waals surface area contributed by atoms with E-state index in [9.17, 15) is 9.90 Å². The molecule has 0 radical (unpaired) electrons. The van der Waals surface area contributed by atoms with Crippen LogP contribution >= 0.6 is 0 Å². The third kappa shape index (κ3) is 3.60. The smallest absolute Gasteiger partial charge is 0.153 e. The number of carbonyl (C=O) groups is 1. The zero-order valence-electron chi connectivity index (χ0n) is 16.2. The van der Waals surface area contributed by atoms with Gasteiger partial charge in [0.15, 0.2) is 5.75 Å². The normalized spacial score (nSPS) is 17.1. The Balaban J connectivity index is 1.57. The number of hydrogen-bond acceptors (Lipinski definition) is 6. The van der Waals surface area contributed by atoms with E-state index < -0.39 is 11.4 Å². The van der Waals surface area contributed by atoms with Crippen molar-refractivity contribution < 1.29 is 14.6 Å². The van der Waals surface area contributed by atoms with Crippen LogP contribution in [0, 0.1) is 5.41 Å². The molecule has 0 bridgehead atoms. The Kier molecular flexibility index (Phi) is 4.81. The lowest BCUT2D eigenvalue weighted by Crippen LogP contribution is -2.53. The monoisotopic (exact) mass is 378 g/mol. The summed E-state index contributed by atoms with van der Waals surface area (Å²) in [6.07, 6.45) is 0. The second-order valence-corrected chi connectivity index (χ2v) is 7.94. The van der Waals surface area contributed by atoms with Gasteiger partial charge in [-0.15, -0.1) is 0 Å². The van der Waals surface area contributed by atoms with Gasteiger partial charge in [0.2, 0.25) is 0 Å². The first kappa shape index (κ1) is 18.5. The van der Waals surface area contributed by atoms with Gasteiger partial charge >= 0.3 is 0 Å². The number of piperazine rings is 1. The minimum Gasteiger partial charge on any atom is -0.550 e. The van der Waals surface area contributed by atoms with Gasteiger partial charge in [0, 0.05) is 44.1 Å². The summed E-state index contributed by atoms with van der Waals surface area (Å²) in [4.78, 5) is 20.7. The molecule has 2 aromatic rings. The third-order valence-corrected chi connectivity index (χ3v) is 5.28. The van der Waals surface area contributed by atoms with Crippen molar-refractivity contribution in [3.05, 3.63) is 54.1 Å². The molecule has 4 rings (SSSR count). The average molecular weight is 378 g/mol. The number of ether oxygens (including phenoxy) is 1. The van der Waals surface area contributed by atoms with Crippen molar-refractivity contribution in [1.82, 2.24) is 9.80 Å². The molecule has 2 aliphatic heterocycles. The van der Waals surface area contributed by atoms with Crippen molar-refractivity contribution in [3.8, 4) is 11.5 Å². The lowest BCUT2D eigenvalue weighted by atomic mass is 9.93. The molecule has 0 aromatic heterocycles. The molecule has 6 nitrogen and oxygen atoms in total. The van der Waals surface area contributed by atoms with Gasteiger partial charge in [-0.2, -0.15) is 0 Å². The van der Waals surface area contributed by atoms with Gasteiger partial charge in [-0.3, -0.25) is 4.90 Å². The summed E-state index contributed by atoms with van der Waals surface area (Å²) in [5, 5.41) is 11.3. The SMILES string of the molecule is CC(C)(CN1CCN(C2=Nc3ccccc3Oc3ccccc32)CC1)C(=O)[O-]. The van der Waals surface area contributed by atoms with Crippen LogP contribution in [0.1, 0.15) is 19.4 Å². The van der Waals surface area contributed by atoms with Gasteiger partial charge in [0.1, 0.15) is 17.3 Å². The summed E-state index contributed by atoms with van der Waals surface area (Å²) < 4.78 is 6.11. The van der Waals surface area contributed by atoms with Crippen LogP contribution in [-0.4, -0.2) is 54.3 Å². The van der Waals surface area contributed by atoms with Crippen molar-refractivity contribution in [2.75, 3.05) is 32.7 Å². The number of carbonyl (C=O) groups excluding carboxylic acids is 1. The topological polar surface area (TPSA) is 68.2 Å². The fourth-order valence-corrected chi connectivity index (χ4v) is 3.65. The Labute approximate surface area is 165 Å². The second-order valence-electron chi connectivity index (χ2n) is 7.94. The van der Waals surface area contributed by atoms with Gasteiger partial charge in [-0.25, -0.2) is 4.99 Å². The lowest BCUT2D eigenvalue weighted by Gasteiger charge is -2.40. The predicted octanol–water partition coefficient (Wildman–Crippen LogP) is 2.26. The summed E-state index contributed by atoms with van der Waals surface area (Å²) in [5.41, 5.74) is 0.929. The van der Waals surface area contributed by atoms with E-state index >= 15 is 0 Å². The molecule has 0 spiro atoms. The van der Waals surface area contributed by atoms with Crippen LogP contribution in [0.2, 0.25) is 0 Å². The molecule has 0 amide bonds. The fourth-order valence-electron chi connectivity index (χ4n) is 3.65. The van der Waals surface area contributed by atoms with Crippen LogP contribution in [0.3, 0.4) is 0 Å². The summed E-state index contributed by atoms with van der Waals surface area (Å²) in [6, 6.07) is 15.7. The number of hydrogen-bond donors (Lipinski definition) is 0. The van der Waals surface area contributed by atoms with E-state index in [1.807, 2.05) is 48.5 Å². The molecule has 0 unspecified atom stereocenters. The number of fused-ring (bicyclic) bond motifs is 2. The molecule has 0 aliphatic carbocycles. The first-order valence-corrected chi connectivity index (χ1v) is 9.58. The second kappa shape index (κ2) is 7.28. The van der Waals surface area contributed by atoms with Crippen molar-refractivity contribution >= 4 is 17.5 Å². The number of nitrogens with zero attached hydrogens (tertiary/aromatic N) is 3. The van der Waals surface area contributed by atoms with Crippen molar-refractivity contribution in [1.29, 1.82) is 0 Å². The molecule has 6 heteroatoms. The molecular formula is C22H24N3O3-. The highest BCUT2D eigenvalue weighted by Crippen LogP contribution is 2.37. The van der Waals surface area contributed by atoms with Crippen molar-refractivity contribution in [3.63, 3.8) is 0 Å². The van der Waals surface area contributed by atoms with Gasteiger partial charge in [-0.1, -0.05) is 38.1 Å². The maximum atomic E-state index is 11.3. The van der Waals surface area contributed by atoms with Crippen LogP contribution < -0.4 is 9.84 Å². The number of aliphatic imine (C=N–C) groups is 1. The zero-order valence-corrected chi connectivity index (χ0v) is 16.2. The standard InChI is InChI=1S/C22H25N3O3/c1-22(2,21(26)27)15-24-11-13-25(14-12-24)20-16-7-3-5-9-18(16)28-19-10-6-4-8-17(19)23-20/h3-10H,11-15H2,1-2H3,(H,26,27)/p-1. The molecule has 1 saturated heterocycles. The zero-order chi connectivity index (χ0) is 19.7. The van der Waals surface area contributed by atoms with Crippen LogP contribution in [0.5, 0.6) is 11.5 Å². The van der Waals surface area contributed by atoms with Crippen molar-refractivity contribution in [2.45, 2.75) is 13.8 Å². The number of carboxylic acids is 1. The van der Waals surface area contributed by atoms with Gasteiger partial charge in [0.25, 0.3) is 0 Å². The molecule has 2 aromatic carbocycles. The van der Waals surface area contributed by atoms with Gasteiger partial charge in [0.05, 0.1) is 5.56 Å². The average Bonchev–Trinajstić information content (AvgIpc) is 2.85. The maximum absolute atomic E-state index is 11.3. The molecule has 28 heavy (non-hydrogen) atoms. The van der Waals surface area contributed by atoms with Crippen LogP contribution in [0.15, 0.2) is 53.5 Å². The summed E-state index contributed by atoms with van der Waals surface area (Å²) >= 11 is 0. The van der Waals surface area contributed by atoms with Crippen LogP contribution in [0.25, 0.3) is 0 Å². The van der Waals surface area contributed by atoms with Crippen LogP contribution in [-0.2, 0) is 4.79 Å². The minimum atomic E-state index is -1.01. The van der Waals surface area contributed by atoms with E-state index in [4.69, 9.17) is 9.73 Å². The Morgan fingerprint density at radius 3 is 2.39 bits per heavy atom. The molecule has 0 N–H and O–H groups in total. The molecular weight excluding hydrogens is 354 g/mol. The fraction of sp³-hybridized carbons (Fsp3) is 0.364. The molecule has 0 saturated carbocycles. The largest absolute Gasteiger partial charge is 0.550 e. The first-order chi connectivity index (χ1) is 13.4.